The molecule has 0 aliphatic heterocycles. The third-order valence-electron chi connectivity index (χ3n) is 3.67. The molecule has 1 unspecified atom stereocenters. The molecule has 2 amide bonds. The molecule has 0 spiro atoms. The summed E-state index contributed by atoms with van der Waals surface area (Å²) in [7, 11) is 0. The molecular weight excluding hydrogens is 360 g/mol. The van der Waals surface area contributed by atoms with E-state index in [0.29, 0.717) is 10.4 Å². The molecule has 0 saturated carbocycles. The number of thiophene rings is 2. The fourth-order valence-electron chi connectivity index (χ4n) is 2.29. The molecule has 0 radical (unpaired) electrons. The summed E-state index contributed by atoms with van der Waals surface area (Å²) in [6, 6.07) is 7.07. The maximum atomic E-state index is 12.0. The minimum atomic E-state index is -1.45. The molecule has 3 aromatic rings. The monoisotopic (exact) mass is 376 g/mol. The quantitative estimate of drug-likeness (QED) is 0.575. The number of aliphatic hydroxyl groups is 1. The van der Waals surface area contributed by atoms with Crippen LogP contribution in [0, 0.1) is 0 Å². The minimum Gasteiger partial charge on any atom is -0.472 e. The molecule has 0 aliphatic carbocycles. The summed E-state index contributed by atoms with van der Waals surface area (Å²) in [6.45, 7) is 0.143. The fourth-order valence-corrected chi connectivity index (χ4v) is 3.80. The topological polar surface area (TPSA) is 91.6 Å². The average molecular weight is 376 g/mol. The number of carbonyl (C=O) groups excluding carboxylic acids is 2. The highest BCUT2D eigenvalue weighted by Gasteiger charge is 2.34. The Morgan fingerprint density at radius 2 is 2.00 bits per heavy atom. The Morgan fingerprint density at radius 1 is 1.16 bits per heavy atom. The van der Waals surface area contributed by atoms with Crippen molar-refractivity contribution in [3.8, 4) is 0 Å². The highest BCUT2D eigenvalue weighted by atomic mass is 32.1. The highest BCUT2D eigenvalue weighted by Crippen LogP contribution is 2.32. The maximum Gasteiger partial charge on any atom is 0.309 e. The summed E-state index contributed by atoms with van der Waals surface area (Å²) in [5.74, 6) is -1.54. The second kappa shape index (κ2) is 7.64. The smallest absolute Gasteiger partial charge is 0.309 e. The number of hydrogen-bond donors (Lipinski definition) is 3. The van der Waals surface area contributed by atoms with E-state index in [1.165, 1.54) is 35.2 Å². The Bertz CT molecular complexity index is 777. The molecule has 0 bridgehead atoms. The lowest BCUT2D eigenvalue weighted by Crippen LogP contribution is -2.46. The lowest BCUT2D eigenvalue weighted by atomic mass is 9.94. The third-order valence-corrected chi connectivity index (χ3v) is 5.42. The molecule has 25 heavy (non-hydrogen) atoms. The molecule has 0 aromatic carbocycles. The molecule has 0 saturated heterocycles. The van der Waals surface area contributed by atoms with Crippen molar-refractivity contribution in [1.29, 1.82) is 0 Å². The van der Waals surface area contributed by atoms with Crippen molar-refractivity contribution in [3.63, 3.8) is 0 Å². The van der Waals surface area contributed by atoms with Gasteiger partial charge < -0.3 is 20.2 Å². The summed E-state index contributed by atoms with van der Waals surface area (Å²) in [5.41, 5.74) is -0.0154. The van der Waals surface area contributed by atoms with Crippen LogP contribution in [0.1, 0.15) is 16.0 Å². The van der Waals surface area contributed by atoms with Crippen LogP contribution in [0.15, 0.2) is 57.3 Å². The predicted molar refractivity (Wildman–Crippen MR) is 95.2 cm³/mol. The normalized spacial score (nSPS) is 13.2. The predicted octanol–water partition coefficient (Wildman–Crippen LogP) is 2.07. The van der Waals surface area contributed by atoms with E-state index in [1.807, 2.05) is 22.2 Å². The Labute approximate surface area is 152 Å². The van der Waals surface area contributed by atoms with Gasteiger partial charge in [-0.05, 0) is 39.9 Å². The molecule has 8 heteroatoms. The van der Waals surface area contributed by atoms with Crippen LogP contribution in [0.4, 0.5) is 0 Å². The maximum absolute atomic E-state index is 12.0. The van der Waals surface area contributed by atoms with Crippen molar-refractivity contribution in [1.82, 2.24) is 10.6 Å². The van der Waals surface area contributed by atoms with Crippen molar-refractivity contribution >= 4 is 34.5 Å². The van der Waals surface area contributed by atoms with Crippen LogP contribution in [0.25, 0.3) is 0 Å². The molecule has 3 aromatic heterocycles. The zero-order chi connectivity index (χ0) is 17.7. The van der Waals surface area contributed by atoms with Gasteiger partial charge >= 0.3 is 11.8 Å². The summed E-state index contributed by atoms with van der Waals surface area (Å²) in [6.07, 6.45) is 2.87. The van der Waals surface area contributed by atoms with Gasteiger partial charge in [-0.2, -0.15) is 11.3 Å². The van der Waals surface area contributed by atoms with Gasteiger partial charge in [0.25, 0.3) is 0 Å². The van der Waals surface area contributed by atoms with Gasteiger partial charge in [0.15, 0.2) is 0 Å². The lowest BCUT2D eigenvalue weighted by molar-refractivity contribution is -0.139. The van der Waals surface area contributed by atoms with Gasteiger partial charge in [0, 0.05) is 17.0 Å². The first-order valence-electron chi connectivity index (χ1n) is 7.46. The minimum absolute atomic E-state index is 0.141. The fraction of sp³-hybridized carbons (Fsp3) is 0.176. The van der Waals surface area contributed by atoms with Crippen LogP contribution in [-0.4, -0.2) is 23.5 Å². The Morgan fingerprint density at radius 3 is 2.64 bits per heavy atom. The van der Waals surface area contributed by atoms with Crippen molar-refractivity contribution in [2.24, 2.45) is 0 Å². The lowest BCUT2D eigenvalue weighted by Gasteiger charge is -2.26. The molecule has 6 nitrogen and oxygen atoms in total. The molecule has 1 atom stereocenters. The van der Waals surface area contributed by atoms with E-state index >= 15 is 0 Å². The van der Waals surface area contributed by atoms with E-state index < -0.39 is 17.4 Å². The van der Waals surface area contributed by atoms with Gasteiger partial charge in [0.1, 0.15) is 5.60 Å². The molecule has 3 heterocycles. The van der Waals surface area contributed by atoms with E-state index in [2.05, 4.69) is 10.6 Å². The first-order valence-corrected chi connectivity index (χ1v) is 9.28. The average Bonchev–Trinajstić information content (AvgIpc) is 3.38. The second-order valence-corrected chi connectivity index (χ2v) is 7.07. The molecular formula is C17H16N2O4S2. The summed E-state index contributed by atoms with van der Waals surface area (Å²) < 4.78 is 5.05. The van der Waals surface area contributed by atoms with Gasteiger partial charge in [-0.1, -0.05) is 6.07 Å². The van der Waals surface area contributed by atoms with Crippen molar-refractivity contribution < 1.29 is 19.1 Å². The Balaban J connectivity index is 1.63. The molecule has 130 valence electrons. The van der Waals surface area contributed by atoms with E-state index in [0.717, 1.165) is 5.56 Å². The van der Waals surface area contributed by atoms with Crippen molar-refractivity contribution in [2.45, 2.75) is 12.1 Å². The summed E-state index contributed by atoms with van der Waals surface area (Å²) in [4.78, 5) is 24.6. The zero-order valence-electron chi connectivity index (χ0n) is 13.1. The van der Waals surface area contributed by atoms with Crippen LogP contribution < -0.4 is 10.6 Å². The number of furan rings is 1. The van der Waals surface area contributed by atoms with Gasteiger partial charge in [-0.15, -0.1) is 11.3 Å². The van der Waals surface area contributed by atoms with Crippen LogP contribution >= 0.6 is 22.7 Å². The van der Waals surface area contributed by atoms with Crippen LogP contribution in [0.2, 0.25) is 0 Å². The highest BCUT2D eigenvalue weighted by molar-refractivity contribution is 7.10. The van der Waals surface area contributed by atoms with Crippen molar-refractivity contribution in [3.05, 3.63) is 68.9 Å². The summed E-state index contributed by atoms with van der Waals surface area (Å²) in [5, 5.41) is 21.7. The molecule has 0 fully saturated rings. The van der Waals surface area contributed by atoms with Gasteiger partial charge in [-0.25, -0.2) is 0 Å². The second-order valence-electron chi connectivity index (χ2n) is 5.35. The molecule has 3 N–H and O–H groups in total. The third kappa shape index (κ3) is 3.98. The Kier molecular flexibility index (Phi) is 5.32. The van der Waals surface area contributed by atoms with E-state index in [-0.39, 0.29) is 13.1 Å². The first-order chi connectivity index (χ1) is 12.1. The number of carbonyl (C=O) groups is 2. The van der Waals surface area contributed by atoms with Crippen LogP contribution in [-0.2, 0) is 21.7 Å². The standard InChI is InChI=1S/C17H16N2O4S2/c20-15(18-8-12-4-7-24-10-12)16(21)19-11-17(22,13-3-5-23-9-13)14-2-1-6-25-14/h1-7,9-10,22H,8,11H2,(H,18,20)(H,19,21). The van der Waals surface area contributed by atoms with E-state index in [4.69, 9.17) is 4.42 Å². The number of rotatable bonds is 6. The first kappa shape index (κ1) is 17.4. The van der Waals surface area contributed by atoms with Gasteiger partial charge in [0.05, 0.1) is 19.1 Å². The van der Waals surface area contributed by atoms with E-state index in [1.54, 1.807) is 18.2 Å². The number of nitrogens with one attached hydrogen (secondary N) is 2. The van der Waals surface area contributed by atoms with Crippen LogP contribution in [0.5, 0.6) is 0 Å². The summed E-state index contributed by atoms with van der Waals surface area (Å²) >= 11 is 2.87. The van der Waals surface area contributed by atoms with Crippen LogP contribution in [0.3, 0.4) is 0 Å². The molecule has 0 aliphatic rings. The van der Waals surface area contributed by atoms with Gasteiger partial charge in [0.2, 0.25) is 0 Å². The van der Waals surface area contributed by atoms with Crippen molar-refractivity contribution in [2.75, 3.05) is 6.54 Å². The molecule has 3 rings (SSSR count). The van der Waals surface area contributed by atoms with E-state index in [9.17, 15) is 14.7 Å². The zero-order valence-corrected chi connectivity index (χ0v) is 14.7. The number of amides is 2. The largest absolute Gasteiger partial charge is 0.472 e. The Hall–Kier alpha value is -2.42. The number of hydrogen-bond acceptors (Lipinski definition) is 6. The SMILES string of the molecule is O=C(NCc1ccsc1)C(=O)NCC(O)(c1ccoc1)c1cccs1. The van der Waals surface area contributed by atoms with Gasteiger partial charge in [-0.3, -0.25) is 9.59 Å².